The van der Waals surface area contributed by atoms with E-state index in [9.17, 15) is 4.79 Å². The number of nitrogens with zero attached hydrogens (tertiary/aromatic N) is 1. The standard InChI is InChI=1S/C13H20N2O2/c1-4-13(2,3)12-14-9-6-5-8(11(16)17)7-10(9)15-12/h8H,4-7H2,1-3H3,(H,14,15)(H,16,17). The third kappa shape index (κ3) is 2.21. The molecule has 1 unspecified atom stereocenters. The molecule has 0 amide bonds. The third-order valence-corrected chi connectivity index (χ3v) is 3.92. The molecule has 0 fully saturated rings. The van der Waals surface area contributed by atoms with Crippen LogP contribution in [0.1, 0.15) is 50.8 Å². The van der Waals surface area contributed by atoms with Crippen molar-refractivity contribution >= 4 is 5.97 Å². The lowest BCUT2D eigenvalue weighted by Crippen LogP contribution is -2.22. The Morgan fingerprint density at radius 2 is 2.29 bits per heavy atom. The highest BCUT2D eigenvalue weighted by Crippen LogP contribution is 2.29. The number of fused-ring (bicyclic) bond motifs is 1. The first-order valence-corrected chi connectivity index (χ1v) is 6.25. The minimum Gasteiger partial charge on any atom is -0.481 e. The lowest BCUT2D eigenvalue weighted by molar-refractivity contribution is -0.142. The van der Waals surface area contributed by atoms with Crippen LogP contribution in [0, 0.1) is 5.92 Å². The number of aromatic amines is 1. The molecule has 0 aliphatic heterocycles. The van der Waals surface area contributed by atoms with E-state index in [1.807, 2.05) is 0 Å². The maximum Gasteiger partial charge on any atom is 0.306 e. The molecule has 0 spiro atoms. The molecule has 1 aromatic heterocycles. The summed E-state index contributed by atoms with van der Waals surface area (Å²) < 4.78 is 0. The maximum atomic E-state index is 11.0. The average molecular weight is 236 g/mol. The van der Waals surface area contributed by atoms with Gasteiger partial charge in [-0.25, -0.2) is 4.98 Å². The van der Waals surface area contributed by atoms with Crippen LogP contribution in [0.5, 0.6) is 0 Å². The number of aliphatic carboxylic acids is 1. The van der Waals surface area contributed by atoms with Crippen LogP contribution in [-0.4, -0.2) is 21.0 Å². The molecule has 4 heteroatoms. The zero-order valence-electron chi connectivity index (χ0n) is 10.7. The van der Waals surface area contributed by atoms with E-state index in [0.717, 1.165) is 30.1 Å². The van der Waals surface area contributed by atoms with Gasteiger partial charge in [0.25, 0.3) is 0 Å². The Labute approximate surface area is 101 Å². The van der Waals surface area contributed by atoms with E-state index in [-0.39, 0.29) is 11.3 Å². The van der Waals surface area contributed by atoms with Crippen LogP contribution >= 0.6 is 0 Å². The molecule has 2 rings (SSSR count). The predicted molar refractivity (Wildman–Crippen MR) is 65.1 cm³/mol. The first kappa shape index (κ1) is 12.1. The quantitative estimate of drug-likeness (QED) is 0.846. The summed E-state index contributed by atoms with van der Waals surface area (Å²) >= 11 is 0. The fourth-order valence-electron chi connectivity index (χ4n) is 2.18. The van der Waals surface area contributed by atoms with Crippen molar-refractivity contribution in [1.82, 2.24) is 9.97 Å². The van der Waals surface area contributed by atoms with Gasteiger partial charge in [-0.2, -0.15) is 0 Å². The Bertz CT molecular complexity index is 435. The van der Waals surface area contributed by atoms with E-state index >= 15 is 0 Å². The van der Waals surface area contributed by atoms with E-state index in [4.69, 9.17) is 5.11 Å². The Morgan fingerprint density at radius 3 is 2.88 bits per heavy atom. The van der Waals surface area contributed by atoms with Crippen LogP contribution in [0.25, 0.3) is 0 Å². The SMILES string of the molecule is CCC(C)(C)c1nc2c([nH]1)CC(C(=O)O)CC2. The zero-order valence-corrected chi connectivity index (χ0v) is 10.7. The van der Waals surface area contributed by atoms with Crippen molar-refractivity contribution in [1.29, 1.82) is 0 Å². The number of rotatable bonds is 3. The molecule has 94 valence electrons. The van der Waals surface area contributed by atoms with Gasteiger partial charge in [0.1, 0.15) is 5.82 Å². The number of hydrogen-bond acceptors (Lipinski definition) is 2. The highest BCUT2D eigenvalue weighted by molar-refractivity contribution is 5.70. The average Bonchev–Trinajstić information content (AvgIpc) is 2.72. The van der Waals surface area contributed by atoms with Gasteiger partial charge in [-0.1, -0.05) is 20.8 Å². The number of aromatic nitrogens is 2. The van der Waals surface area contributed by atoms with Crippen molar-refractivity contribution in [3.63, 3.8) is 0 Å². The smallest absolute Gasteiger partial charge is 0.306 e. The molecule has 1 aliphatic carbocycles. The molecule has 0 aromatic carbocycles. The van der Waals surface area contributed by atoms with Gasteiger partial charge in [-0.15, -0.1) is 0 Å². The Balaban J connectivity index is 2.26. The first-order valence-electron chi connectivity index (χ1n) is 6.25. The van der Waals surface area contributed by atoms with Gasteiger partial charge in [0.15, 0.2) is 0 Å². The van der Waals surface area contributed by atoms with E-state index in [2.05, 4.69) is 30.7 Å². The van der Waals surface area contributed by atoms with Gasteiger partial charge in [0, 0.05) is 17.5 Å². The lowest BCUT2D eigenvalue weighted by Gasteiger charge is -2.19. The molecule has 0 saturated carbocycles. The third-order valence-electron chi connectivity index (χ3n) is 3.92. The van der Waals surface area contributed by atoms with Gasteiger partial charge in [-0.05, 0) is 19.3 Å². The summed E-state index contributed by atoms with van der Waals surface area (Å²) in [6.07, 6.45) is 3.10. The molecule has 0 radical (unpaired) electrons. The highest BCUT2D eigenvalue weighted by atomic mass is 16.4. The summed E-state index contributed by atoms with van der Waals surface area (Å²) in [5, 5.41) is 9.04. The molecule has 0 saturated heterocycles. The molecule has 1 aliphatic rings. The van der Waals surface area contributed by atoms with E-state index in [1.165, 1.54) is 0 Å². The molecule has 4 nitrogen and oxygen atoms in total. The van der Waals surface area contributed by atoms with Gasteiger partial charge < -0.3 is 10.1 Å². The highest BCUT2D eigenvalue weighted by Gasteiger charge is 2.30. The van der Waals surface area contributed by atoms with Crippen molar-refractivity contribution in [2.75, 3.05) is 0 Å². The van der Waals surface area contributed by atoms with E-state index in [0.29, 0.717) is 12.8 Å². The molecule has 17 heavy (non-hydrogen) atoms. The molecule has 1 aromatic rings. The number of aryl methyl sites for hydroxylation is 1. The van der Waals surface area contributed by atoms with Crippen molar-refractivity contribution in [2.45, 2.75) is 51.9 Å². The topological polar surface area (TPSA) is 66.0 Å². The molecule has 0 bridgehead atoms. The second kappa shape index (κ2) is 4.17. The van der Waals surface area contributed by atoms with Crippen LogP contribution in [0.3, 0.4) is 0 Å². The van der Waals surface area contributed by atoms with Crippen LogP contribution in [0.2, 0.25) is 0 Å². The van der Waals surface area contributed by atoms with Crippen molar-refractivity contribution in [2.24, 2.45) is 5.92 Å². The fourth-order valence-corrected chi connectivity index (χ4v) is 2.18. The summed E-state index contributed by atoms with van der Waals surface area (Å²) in [5.41, 5.74) is 2.13. The summed E-state index contributed by atoms with van der Waals surface area (Å²) in [6.45, 7) is 6.46. The van der Waals surface area contributed by atoms with Crippen molar-refractivity contribution in [3.05, 3.63) is 17.2 Å². The molecule has 1 heterocycles. The van der Waals surface area contributed by atoms with Gasteiger partial charge in [-0.3, -0.25) is 4.79 Å². The number of imidazole rings is 1. The van der Waals surface area contributed by atoms with Gasteiger partial charge in [0.2, 0.25) is 0 Å². The van der Waals surface area contributed by atoms with Gasteiger partial charge in [0.05, 0.1) is 11.6 Å². The number of carboxylic acid groups (broad SMARTS) is 1. The molecule has 1 atom stereocenters. The number of carboxylic acids is 1. The Kier molecular flexibility index (Phi) is 2.98. The lowest BCUT2D eigenvalue weighted by atomic mass is 9.89. The minimum absolute atomic E-state index is 0.0378. The molecule has 2 N–H and O–H groups in total. The summed E-state index contributed by atoms with van der Waals surface area (Å²) in [4.78, 5) is 19.0. The second-order valence-corrected chi connectivity index (χ2v) is 5.53. The van der Waals surface area contributed by atoms with Gasteiger partial charge >= 0.3 is 5.97 Å². The fraction of sp³-hybridized carbons (Fsp3) is 0.692. The summed E-state index contributed by atoms with van der Waals surface area (Å²) in [7, 11) is 0. The largest absolute Gasteiger partial charge is 0.481 e. The predicted octanol–water partition coefficient (Wildman–Crippen LogP) is 2.29. The first-order chi connectivity index (χ1) is 7.94. The van der Waals surface area contributed by atoms with Crippen molar-refractivity contribution < 1.29 is 9.90 Å². The second-order valence-electron chi connectivity index (χ2n) is 5.53. The molecular formula is C13H20N2O2. The zero-order chi connectivity index (χ0) is 12.6. The van der Waals surface area contributed by atoms with Crippen LogP contribution in [0.4, 0.5) is 0 Å². The van der Waals surface area contributed by atoms with Crippen LogP contribution in [0.15, 0.2) is 0 Å². The monoisotopic (exact) mass is 236 g/mol. The number of hydrogen-bond donors (Lipinski definition) is 2. The number of carbonyl (C=O) groups is 1. The maximum absolute atomic E-state index is 11.0. The summed E-state index contributed by atoms with van der Waals surface area (Å²) in [6, 6.07) is 0. The van der Waals surface area contributed by atoms with E-state index in [1.54, 1.807) is 0 Å². The number of nitrogens with one attached hydrogen (secondary N) is 1. The normalized spacial score (nSPS) is 20.1. The van der Waals surface area contributed by atoms with Crippen LogP contribution in [-0.2, 0) is 23.1 Å². The van der Waals surface area contributed by atoms with Crippen LogP contribution < -0.4 is 0 Å². The number of H-pyrrole nitrogens is 1. The Hall–Kier alpha value is -1.32. The van der Waals surface area contributed by atoms with Crippen molar-refractivity contribution in [3.8, 4) is 0 Å². The Morgan fingerprint density at radius 1 is 1.59 bits per heavy atom. The molecular weight excluding hydrogens is 216 g/mol. The van der Waals surface area contributed by atoms with E-state index < -0.39 is 5.97 Å². The minimum atomic E-state index is -0.693. The summed E-state index contributed by atoms with van der Waals surface area (Å²) in [5.74, 6) is 0.0538.